The van der Waals surface area contributed by atoms with E-state index in [2.05, 4.69) is 13.8 Å². The number of carbonyl (C=O) groups is 1. The molecule has 0 rings (SSSR count). The molecule has 0 aliphatic heterocycles. The Morgan fingerprint density at radius 2 is 2.00 bits per heavy atom. The highest BCUT2D eigenvalue weighted by Gasteiger charge is 2.07. The van der Waals surface area contributed by atoms with Gasteiger partial charge in [0.15, 0.2) is 0 Å². The lowest BCUT2D eigenvalue weighted by atomic mass is 10.00. The van der Waals surface area contributed by atoms with Crippen molar-refractivity contribution in [1.29, 1.82) is 0 Å². The highest BCUT2D eigenvalue weighted by atomic mass is 16.5. The van der Waals surface area contributed by atoms with Crippen molar-refractivity contribution in [3.8, 4) is 0 Å². The van der Waals surface area contributed by atoms with Gasteiger partial charge in [0, 0.05) is 6.92 Å². The monoisotopic (exact) mass is 186 g/mol. The van der Waals surface area contributed by atoms with Crippen molar-refractivity contribution in [2.75, 3.05) is 6.61 Å². The van der Waals surface area contributed by atoms with Gasteiger partial charge in [-0.3, -0.25) is 4.79 Å². The minimum atomic E-state index is -0.158. The second-order valence-corrected chi connectivity index (χ2v) is 3.57. The first-order chi connectivity index (χ1) is 6.20. The van der Waals surface area contributed by atoms with E-state index in [1.165, 1.54) is 32.6 Å². The Labute approximate surface area is 81.7 Å². The SMILES string of the molecule is CCCCCC(CC)COC(C)=O. The number of rotatable bonds is 7. The summed E-state index contributed by atoms with van der Waals surface area (Å²) in [6.45, 7) is 6.43. The van der Waals surface area contributed by atoms with Crippen LogP contribution >= 0.6 is 0 Å². The lowest BCUT2D eigenvalue weighted by Crippen LogP contribution is -2.11. The predicted molar refractivity (Wildman–Crippen MR) is 54.6 cm³/mol. The van der Waals surface area contributed by atoms with Crippen LogP contribution in [0.1, 0.15) is 52.9 Å². The van der Waals surface area contributed by atoms with E-state index in [4.69, 9.17) is 4.74 Å². The Hall–Kier alpha value is -0.530. The van der Waals surface area contributed by atoms with Gasteiger partial charge in [0.25, 0.3) is 0 Å². The fourth-order valence-electron chi connectivity index (χ4n) is 1.32. The molecule has 0 heterocycles. The fraction of sp³-hybridized carbons (Fsp3) is 0.909. The molecule has 0 aromatic heterocycles. The average molecular weight is 186 g/mol. The first-order valence-corrected chi connectivity index (χ1v) is 5.34. The third kappa shape index (κ3) is 7.82. The molecular weight excluding hydrogens is 164 g/mol. The molecule has 0 spiro atoms. The highest BCUT2D eigenvalue weighted by molar-refractivity contribution is 5.65. The molecule has 0 aromatic carbocycles. The first-order valence-electron chi connectivity index (χ1n) is 5.34. The van der Waals surface area contributed by atoms with Crippen molar-refractivity contribution >= 4 is 5.97 Å². The van der Waals surface area contributed by atoms with Crippen LogP contribution in [0.5, 0.6) is 0 Å². The van der Waals surface area contributed by atoms with Crippen molar-refractivity contribution in [2.45, 2.75) is 52.9 Å². The lowest BCUT2D eigenvalue weighted by Gasteiger charge is -2.13. The quantitative estimate of drug-likeness (QED) is 0.451. The van der Waals surface area contributed by atoms with Gasteiger partial charge >= 0.3 is 5.97 Å². The molecule has 2 nitrogen and oxygen atoms in total. The molecule has 1 unspecified atom stereocenters. The van der Waals surface area contributed by atoms with Crippen LogP contribution < -0.4 is 0 Å². The van der Waals surface area contributed by atoms with Crippen LogP contribution in [-0.2, 0) is 9.53 Å². The molecule has 0 aliphatic rings. The average Bonchev–Trinajstić information content (AvgIpc) is 2.10. The summed E-state index contributed by atoms with van der Waals surface area (Å²) >= 11 is 0. The summed E-state index contributed by atoms with van der Waals surface area (Å²) in [5.41, 5.74) is 0. The third-order valence-electron chi connectivity index (χ3n) is 2.32. The summed E-state index contributed by atoms with van der Waals surface area (Å²) in [4.78, 5) is 10.6. The number of esters is 1. The van der Waals surface area contributed by atoms with E-state index in [0.717, 1.165) is 6.42 Å². The summed E-state index contributed by atoms with van der Waals surface area (Å²) in [7, 11) is 0. The Bertz CT molecular complexity index is 132. The largest absolute Gasteiger partial charge is 0.466 e. The zero-order valence-corrected chi connectivity index (χ0v) is 9.14. The normalized spacial score (nSPS) is 12.5. The molecule has 0 bridgehead atoms. The number of ether oxygens (including phenoxy) is 1. The smallest absolute Gasteiger partial charge is 0.302 e. The molecule has 0 amide bonds. The minimum Gasteiger partial charge on any atom is -0.466 e. The number of hydrogen-bond acceptors (Lipinski definition) is 2. The van der Waals surface area contributed by atoms with Crippen LogP contribution in [-0.4, -0.2) is 12.6 Å². The Morgan fingerprint density at radius 1 is 1.31 bits per heavy atom. The van der Waals surface area contributed by atoms with Gasteiger partial charge < -0.3 is 4.74 Å². The van der Waals surface area contributed by atoms with E-state index >= 15 is 0 Å². The number of carbonyl (C=O) groups excluding carboxylic acids is 1. The van der Waals surface area contributed by atoms with Gasteiger partial charge in [-0.05, 0) is 12.3 Å². The van der Waals surface area contributed by atoms with Gasteiger partial charge in [-0.25, -0.2) is 0 Å². The third-order valence-corrected chi connectivity index (χ3v) is 2.32. The summed E-state index contributed by atoms with van der Waals surface area (Å²) in [6.07, 6.45) is 6.10. The Balaban J connectivity index is 3.45. The van der Waals surface area contributed by atoms with Gasteiger partial charge in [0.05, 0.1) is 6.61 Å². The van der Waals surface area contributed by atoms with E-state index in [1.54, 1.807) is 0 Å². The summed E-state index contributed by atoms with van der Waals surface area (Å²) in [5, 5.41) is 0. The van der Waals surface area contributed by atoms with E-state index < -0.39 is 0 Å². The van der Waals surface area contributed by atoms with E-state index in [-0.39, 0.29) is 5.97 Å². The molecule has 78 valence electrons. The lowest BCUT2D eigenvalue weighted by molar-refractivity contribution is -0.142. The standard InChI is InChI=1S/C11H22O2/c1-4-6-7-8-11(5-2)9-13-10(3)12/h11H,4-9H2,1-3H3. The molecule has 2 heteroatoms. The van der Waals surface area contributed by atoms with E-state index in [1.807, 2.05) is 0 Å². The molecule has 13 heavy (non-hydrogen) atoms. The second-order valence-electron chi connectivity index (χ2n) is 3.57. The van der Waals surface area contributed by atoms with Crippen LogP contribution in [0, 0.1) is 5.92 Å². The molecule has 0 radical (unpaired) electrons. The van der Waals surface area contributed by atoms with Gasteiger partial charge in [0.2, 0.25) is 0 Å². The van der Waals surface area contributed by atoms with Crippen molar-refractivity contribution in [2.24, 2.45) is 5.92 Å². The Kier molecular flexibility index (Phi) is 7.76. The number of unbranched alkanes of at least 4 members (excludes halogenated alkanes) is 2. The molecule has 0 saturated carbocycles. The Morgan fingerprint density at radius 3 is 2.46 bits per heavy atom. The summed E-state index contributed by atoms with van der Waals surface area (Å²) < 4.78 is 4.99. The zero-order valence-electron chi connectivity index (χ0n) is 9.14. The van der Waals surface area contributed by atoms with Gasteiger partial charge in [-0.2, -0.15) is 0 Å². The zero-order chi connectivity index (χ0) is 10.1. The van der Waals surface area contributed by atoms with Gasteiger partial charge in [0.1, 0.15) is 0 Å². The second kappa shape index (κ2) is 8.09. The molecule has 0 aromatic rings. The first kappa shape index (κ1) is 12.5. The van der Waals surface area contributed by atoms with Crippen LogP contribution in [0.15, 0.2) is 0 Å². The molecule has 0 N–H and O–H groups in total. The van der Waals surface area contributed by atoms with Crippen molar-refractivity contribution < 1.29 is 9.53 Å². The molecule has 0 aliphatic carbocycles. The molecule has 1 atom stereocenters. The maximum absolute atomic E-state index is 10.6. The topological polar surface area (TPSA) is 26.3 Å². The maximum Gasteiger partial charge on any atom is 0.302 e. The predicted octanol–water partition coefficient (Wildman–Crippen LogP) is 3.16. The van der Waals surface area contributed by atoms with Crippen LogP contribution in [0.4, 0.5) is 0 Å². The fourth-order valence-corrected chi connectivity index (χ4v) is 1.32. The van der Waals surface area contributed by atoms with Gasteiger partial charge in [-0.15, -0.1) is 0 Å². The van der Waals surface area contributed by atoms with Crippen molar-refractivity contribution in [1.82, 2.24) is 0 Å². The van der Waals surface area contributed by atoms with Gasteiger partial charge in [-0.1, -0.05) is 39.5 Å². The van der Waals surface area contributed by atoms with Crippen molar-refractivity contribution in [3.63, 3.8) is 0 Å². The molecule has 0 saturated heterocycles. The van der Waals surface area contributed by atoms with E-state index in [0.29, 0.717) is 12.5 Å². The summed E-state index contributed by atoms with van der Waals surface area (Å²) in [6, 6.07) is 0. The van der Waals surface area contributed by atoms with E-state index in [9.17, 15) is 4.79 Å². The van der Waals surface area contributed by atoms with Crippen LogP contribution in [0.25, 0.3) is 0 Å². The van der Waals surface area contributed by atoms with Crippen LogP contribution in [0.3, 0.4) is 0 Å². The summed E-state index contributed by atoms with van der Waals surface area (Å²) in [5.74, 6) is 0.407. The highest BCUT2D eigenvalue weighted by Crippen LogP contribution is 2.13. The maximum atomic E-state index is 10.6. The molecular formula is C11H22O2. The van der Waals surface area contributed by atoms with Crippen molar-refractivity contribution in [3.05, 3.63) is 0 Å². The minimum absolute atomic E-state index is 0.158. The molecule has 0 fully saturated rings. The number of hydrogen-bond donors (Lipinski definition) is 0. The van der Waals surface area contributed by atoms with Crippen LogP contribution in [0.2, 0.25) is 0 Å².